The first-order chi connectivity index (χ1) is 10.3. The first-order valence-corrected chi connectivity index (χ1v) is 7.73. The number of hydrogen-bond donors (Lipinski definition) is 2. The summed E-state index contributed by atoms with van der Waals surface area (Å²) >= 11 is 0. The molecule has 0 unspecified atom stereocenters. The number of carbonyl (C=O) groups is 2. The van der Waals surface area contributed by atoms with Gasteiger partial charge in [0, 0.05) is 24.7 Å². The molecule has 5 nitrogen and oxygen atoms in total. The molecule has 0 aliphatic carbocycles. The van der Waals surface area contributed by atoms with E-state index in [9.17, 15) is 9.59 Å². The maximum absolute atomic E-state index is 12.4. The molecule has 1 saturated heterocycles. The zero-order valence-electron chi connectivity index (χ0n) is 13.6. The molecule has 1 aliphatic rings. The summed E-state index contributed by atoms with van der Waals surface area (Å²) in [6.45, 7) is 6.70. The van der Waals surface area contributed by atoms with E-state index in [4.69, 9.17) is 5.73 Å². The SMILES string of the molecule is Cc1ccc(C(=O)N2CCC(NC(=O)C(C)(C)N)CC2)cc1. The van der Waals surface area contributed by atoms with Gasteiger partial charge in [-0.15, -0.1) is 0 Å². The summed E-state index contributed by atoms with van der Waals surface area (Å²) in [6.07, 6.45) is 1.53. The molecule has 3 N–H and O–H groups in total. The number of piperidine rings is 1. The Bertz CT molecular complexity index is 538. The van der Waals surface area contributed by atoms with Crippen LogP contribution in [0.15, 0.2) is 24.3 Å². The second-order valence-electron chi connectivity index (χ2n) is 6.63. The molecule has 0 radical (unpaired) electrons. The highest BCUT2D eigenvalue weighted by Gasteiger charge is 2.28. The number of nitrogens with one attached hydrogen (secondary N) is 1. The molecule has 22 heavy (non-hydrogen) atoms. The van der Waals surface area contributed by atoms with Crippen molar-refractivity contribution < 1.29 is 9.59 Å². The van der Waals surface area contributed by atoms with E-state index in [0.717, 1.165) is 24.0 Å². The van der Waals surface area contributed by atoms with Crippen LogP contribution in [0.1, 0.15) is 42.6 Å². The normalized spacial score (nSPS) is 16.5. The first kappa shape index (κ1) is 16.5. The molecule has 5 heteroatoms. The number of amides is 2. The molecule has 1 heterocycles. The fraction of sp³-hybridized carbons (Fsp3) is 0.529. The second kappa shape index (κ2) is 6.48. The van der Waals surface area contributed by atoms with Gasteiger partial charge in [0.25, 0.3) is 5.91 Å². The van der Waals surface area contributed by atoms with E-state index in [1.165, 1.54) is 0 Å². The van der Waals surface area contributed by atoms with Gasteiger partial charge >= 0.3 is 0 Å². The molecule has 1 aromatic carbocycles. The molecule has 0 bridgehead atoms. The zero-order valence-corrected chi connectivity index (χ0v) is 13.6. The van der Waals surface area contributed by atoms with Crippen molar-refractivity contribution in [2.24, 2.45) is 5.73 Å². The molecule has 0 aromatic heterocycles. The van der Waals surface area contributed by atoms with E-state index >= 15 is 0 Å². The number of benzene rings is 1. The molecule has 0 spiro atoms. The van der Waals surface area contributed by atoms with Crippen LogP contribution in [-0.2, 0) is 4.79 Å². The lowest BCUT2D eigenvalue weighted by atomic mass is 10.0. The van der Waals surface area contributed by atoms with Crippen LogP contribution in [0, 0.1) is 6.92 Å². The van der Waals surface area contributed by atoms with Crippen LogP contribution in [0.3, 0.4) is 0 Å². The van der Waals surface area contributed by atoms with Gasteiger partial charge in [-0.25, -0.2) is 0 Å². The number of rotatable bonds is 3. The Morgan fingerprint density at radius 2 is 1.73 bits per heavy atom. The van der Waals surface area contributed by atoms with E-state index < -0.39 is 5.54 Å². The van der Waals surface area contributed by atoms with Crippen molar-refractivity contribution in [3.05, 3.63) is 35.4 Å². The standard InChI is InChI=1S/C17H25N3O2/c1-12-4-6-13(7-5-12)15(21)20-10-8-14(9-11-20)19-16(22)17(2,3)18/h4-7,14H,8-11,18H2,1-3H3,(H,19,22). The van der Waals surface area contributed by atoms with Gasteiger partial charge in [-0.3, -0.25) is 9.59 Å². The monoisotopic (exact) mass is 303 g/mol. The lowest BCUT2D eigenvalue weighted by Crippen LogP contribution is -2.54. The van der Waals surface area contributed by atoms with Crippen LogP contribution in [0.5, 0.6) is 0 Å². The van der Waals surface area contributed by atoms with Crippen molar-refractivity contribution >= 4 is 11.8 Å². The summed E-state index contributed by atoms with van der Waals surface area (Å²) in [5.74, 6) is -0.0836. The fourth-order valence-electron chi connectivity index (χ4n) is 2.48. The Labute approximate surface area is 131 Å². The predicted molar refractivity (Wildman–Crippen MR) is 86.5 cm³/mol. The molecule has 2 amide bonds. The van der Waals surface area contributed by atoms with Crippen LogP contribution in [0.4, 0.5) is 0 Å². The minimum atomic E-state index is -0.866. The first-order valence-electron chi connectivity index (χ1n) is 7.73. The van der Waals surface area contributed by atoms with Crippen LogP contribution in [0.25, 0.3) is 0 Å². The van der Waals surface area contributed by atoms with Crippen molar-refractivity contribution in [2.75, 3.05) is 13.1 Å². The quantitative estimate of drug-likeness (QED) is 0.887. The lowest BCUT2D eigenvalue weighted by Gasteiger charge is -2.33. The maximum Gasteiger partial charge on any atom is 0.253 e. The molecular weight excluding hydrogens is 278 g/mol. The lowest BCUT2D eigenvalue weighted by molar-refractivity contribution is -0.126. The smallest absolute Gasteiger partial charge is 0.253 e. The third kappa shape index (κ3) is 4.07. The van der Waals surface area contributed by atoms with Gasteiger partial charge < -0.3 is 16.0 Å². The van der Waals surface area contributed by atoms with Crippen LogP contribution < -0.4 is 11.1 Å². The Morgan fingerprint density at radius 1 is 1.18 bits per heavy atom. The van der Waals surface area contributed by atoms with Gasteiger partial charge in [0.05, 0.1) is 5.54 Å². The third-order valence-corrected chi connectivity index (χ3v) is 4.00. The maximum atomic E-state index is 12.4. The summed E-state index contributed by atoms with van der Waals surface area (Å²) < 4.78 is 0. The van der Waals surface area contributed by atoms with E-state index in [0.29, 0.717) is 13.1 Å². The van der Waals surface area contributed by atoms with Crippen molar-refractivity contribution in [3.63, 3.8) is 0 Å². The highest BCUT2D eigenvalue weighted by Crippen LogP contribution is 2.15. The van der Waals surface area contributed by atoms with Crippen molar-refractivity contribution in [3.8, 4) is 0 Å². The van der Waals surface area contributed by atoms with Crippen LogP contribution in [-0.4, -0.2) is 41.4 Å². The Balaban J connectivity index is 1.88. The van der Waals surface area contributed by atoms with Crippen molar-refractivity contribution in [2.45, 2.75) is 45.2 Å². The molecule has 120 valence electrons. The second-order valence-corrected chi connectivity index (χ2v) is 6.63. The highest BCUT2D eigenvalue weighted by atomic mass is 16.2. The number of likely N-dealkylation sites (tertiary alicyclic amines) is 1. The van der Waals surface area contributed by atoms with Crippen molar-refractivity contribution in [1.29, 1.82) is 0 Å². The molecule has 1 aliphatic heterocycles. The summed E-state index contributed by atoms with van der Waals surface area (Å²) in [5.41, 5.74) is 6.78. The topological polar surface area (TPSA) is 75.4 Å². The molecule has 2 rings (SSSR count). The van der Waals surface area contributed by atoms with Gasteiger partial charge in [-0.2, -0.15) is 0 Å². The zero-order chi connectivity index (χ0) is 16.3. The number of carbonyl (C=O) groups excluding carboxylic acids is 2. The van der Waals surface area contributed by atoms with Gasteiger partial charge in [-0.1, -0.05) is 17.7 Å². The number of aryl methyl sites for hydroxylation is 1. The van der Waals surface area contributed by atoms with E-state index in [1.54, 1.807) is 13.8 Å². The average molecular weight is 303 g/mol. The number of nitrogens with two attached hydrogens (primary N) is 1. The van der Waals surface area contributed by atoms with Gasteiger partial charge in [0.2, 0.25) is 5.91 Å². The highest BCUT2D eigenvalue weighted by molar-refractivity contribution is 5.94. The predicted octanol–water partition coefficient (Wildman–Crippen LogP) is 1.45. The summed E-state index contributed by atoms with van der Waals surface area (Å²) in [6, 6.07) is 7.72. The fourth-order valence-corrected chi connectivity index (χ4v) is 2.48. The Hall–Kier alpha value is -1.88. The Kier molecular flexibility index (Phi) is 4.86. The minimum absolute atomic E-state index is 0.0592. The average Bonchev–Trinajstić information content (AvgIpc) is 2.47. The molecular formula is C17H25N3O2. The Morgan fingerprint density at radius 3 is 2.23 bits per heavy atom. The van der Waals surface area contributed by atoms with Crippen LogP contribution in [0.2, 0.25) is 0 Å². The minimum Gasteiger partial charge on any atom is -0.352 e. The third-order valence-electron chi connectivity index (χ3n) is 4.00. The van der Waals surface area contributed by atoms with E-state index in [-0.39, 0.29) is 17.9 Å². The van der Waals surface area contributed by atoms with Crippen molar-refractivity contribution in [1.82, 2.24) is 10.2 Å². The largest absolute Gasteiger partial charge is 0.352 e. The van der Waals surface area contributed by atoms with Gasteiger partial charge in [-0.05, 0) is 45.7 Å². The van der Waals surface area contributed by atoms with E-state index in [1.807, 2.05) is 36.1 Å². The summed E-state index contributed by atoms with van der Waals surface area (Å²) in [4.78, 5) is 26.2. The molecule has 0 saturated carbocycles. The van der Waals surface area contributed by atoms with Gasteiger partial charge in [0.15, 0.2) is 0 Å². The van der Waals surface area contributed by atoms with Gasteiger partial charge in [0.1, 0.15) is 0 Å². The summed E-state index contributed by atoms with van der Waals surface area (Å²) in [7, 11) is 0. The molecule has 1 fully saturated rings. The molecule has 0 atom stereocenters. The number of hydrogen-bond acceptors (Lipinski definition) is 3. The van der Waals surface area contributed by atoms with E-state index in [2.05, 4.69) is 5.32 Å². The molecule has 1 aromatic rings. The number of nitrogens with zero attached hydrogens (tertiary/aromatic N) is 1. The summed E-state index contributed by atoms with van der Waals surface area (Å²) in [5, 5.41) is 2.96. The van der Waals surface area contributed by atoms with Crippen LogP contribution >= 0.6 is 0 Å².